The summed E-state index contributed by atoms with van der Waals surface area (Å²) in [6.45, 7) is 0.727. The van der Waals surface area contributed by atoms with E-state index >= 15 is 0 Å². The molecule has 0 saturated heterocycles. The molecule has 0 aliphatic carbocycles. The van der Waals surface area contributed by atoms with Gasteiger partial charge in [0.1, 0.15) is 11.5 Å². The molecule has 0 bridgehead atoms. The Bertz CT molecular complexity index is 1550. The first-order valence-corrected chi connectivity index (χ1v) is 11.3. The molecule has 4 aromatic carbocycles. The lowest BCUT2D eigenvalue weighted by atomic mass is 10.0. The maximum absolute atomic E-state index is 12.7. The van der Waals surface area contributed by atoms with Gasteiger partial charge >= 0.3 is 0 Å². The molecule has 0 aliphatic heterocycles. The van der Waals surface area contributed by atoms with Crippen LogP contribution in [0.1, 0.15) is 21.5 Å². The standard InChI is InChI=1S/C29H25N3O3/c1-34-23-14-15-26(28(16-23)35-2)29(33)31-30-17-22-19-32(27-13-6-5-12-25(22)27)18-21-10-7-9-20-8-3-4-11-24(20)21/h3-17,19H,18H2,1-2H3,(H,31,33)/b30-17-. The van der Waals surface area contributed by atoms with Gasteiger partial charge in [0.2, 0.25) is 0 Å². The highest BCUT2D eigenvalue weighted by Crippen LogP contribution is 2.26. The molecule has 1 aromatic heterocycles. The number of fused-ring (bicyclic) bond motifs is 2. The number of amides is 1. The maximum Gasteiger partial charge on any atom is 0.275 e. The van der Waals surface area contributed by atoms with E-state index in [1.54, 1.807) is 31.5 Å². The molecule has 1 N–H and O–H groups in total. The summed E-state index contributed by atoms with van der Waals surface area (Å²) in [5.41, 5.74) is 6.25. The summed E-state index contributed by atoms with van der Waals surface area (Å²) in [5, 5.41) is 7.76. The van der Waals surface area contributed by atoms with Crippen molar-refractivity contribution in [2.24, 2.45) is 5.10 Å². The molecule has 6 nitrogen and oxygen atoms in total. The average Bonchev–Trinajstić information content (AvgIpc) is 3.25. The Kier molecular flexibility index (Phi) is 6.18. The predicted molar refractivity (Wildman–Crippen MR) is 140 cm³/mol. The summed E-state index contributed by atoms with van der Waals surface area (Å²) < 4.78 is 12.7. The van der Waals surface area contributed by atoms with Gasteiger partial charge in [-0.1, -0.05) is 60.7 Å². The lowest BCUT2D eigenvalue weighted by Gasteiger charge is -2.09. The van der Waals surface area contributed by atoms with Crippen molar-refractivity contribution >= 4 is 33.8 Å². The van der Waals surface area contributed by atoms with Crippen LogP contribution >= 0.6 is 0 Å². The van der Waals surface area contributed by atoms with Gasteiger partial charge in [0.15, 0.2) is 0 Å². The van der Waals surface area contributed by atoms with Crippen LogP contribution < -0.4 is 14.9 Å². The SMILES string of the molecule is COc1ccc(C(=O)N/N=C\c2cn(Cc3cccc4ccccc34)c3ccccc23)c(OC)c1. The number of nitrogens with one attached hydrogen (secondary N) is 1. The van der Waals surface area contributed by atoms with Crippen molar-refractivity contribution in [1.82, 2.24) is 9.99 Å². The fourth-order valence-electron chi connectivity index (χ4n) is 4.33. The van der Waals surface area contributed by atoms with Crippen LogP contribution in [0.5, 0.6) is 11.5 Å². The van der Waals surface area contributed by atoms with Crippen molar-refractivity contribution in [2.75, 3.05) is 14.2 Å². The van der Waals surface area contributed by atoms with E-state index in [9.17, 15) is 4.79 Å². The Morgan fingerprint density at radius 2 is 1.69 bits per heavy atom. The summed E-state index contributed by atoms with van der Waals surface area (Å²) in [7, 11) is 3.08. The molecule has 0 saturated carbocycles. The maximum atomic E-state index is 12.7. The fraction of sp³-hybridized carbons (Fsp3) is 0.103. The number of para-hydroxylation sites is 1. The lowest BCUT2D eigenvalue weighted by molar-refractivity contribution is 0.0952. The summed E-state index contributed by atoms with van der Waals surface area (Å²) >= 11 is 0. The summed E-state index contributed by atoms with van der Waals surface area (Å²) in [6, 6.07) is 28.0. The van der Waals surface area contributed by atoms with Crippen molar-refractivity contribution in [2.45, 2.75) is 6.54 Å². The zero-order valence-electron chi connectivity index (χ0n) is 19.6. The average molecular weight is 464 g/mol. The predicted octanol–water partition coefficient (Wildman–Crippen LogP) is 5.62. The van der Waals surface area contributed by atoms with Gasteiger partial charge in [0, 0.05) is 35.3 Å². The number of hydrazone groups is 1. The zero-order chi connectivity index (χ0) is 24.2. The first-order chi connectivity index (χ1) is 17.2. The Morgan fingerprint density at radius 3 is 2.51 bits per heavy atom. The molecule has 35 heavy (non-hydrogen) atoms. The minimum atomic E-state index is -0.361. The Labute approximate surface area is 203 Å². The molecule has 5 rings (SSSR count). The van der Waals surface area contributed by atoms with Gasteiger partial charge in [-0.15, -0.1) is 0 Å². The van der Waals surface area contributed by atoms with Gasteiger partial charge < -0.3 is 14.0 Å². The van der Waals surface area contributed by atoms with Crippen molar-refractivity contribution in [3.05, 3.63) is 108 Å². The Morgan fingerprint density at radius 1 is 0.914 bits per heavy atom. The van der Waals surface area contributed by atoms with Crippen LogP contribution in [-0.4, -0.2) is 30.9 Å². The number of methoxy groups -OCH3 is 2. The van der Waals surface area contributed by atoms with E-state index < -0.39 is 0 Å². The molecule has 0 atom stereocenters. The van der Waals surface area contributed by atoms with E-state index in [-0.39, 0.29) is 5.91 Å². The van der Waals surface area contributed by atoms with E-state index in [0.717, 1.165) is 23.0 Å². The fourth-order valence-corrected chi connectivity index (χ4v) is 4.33. The van der Waals surface area contributed by atoms with Crippen LogP contribution in [-0.2, 0) is 6.54 Å². The third-order valence-electron chi connectivity index (χ3n) is 6.06. The summed E-state index contributed by atoms with van der Waals surface area (Å²) in [5.74, 6) is 0.671. The molecule has 6 heteroatoms. The number of carbonyl (C=O) groups is 1. The topological polar surface area (TPSA) is 64.8 Å². The van der Waals surface area contributed by atoms with E-state index in [4.69, 9.17) is 9.47 Å². The first-order valence-electron chi connectivity index (χ1n) is 11.3. The van der Waals surface area contributed by atoms with Crippen LogP contribution in [0.2, 0.25) is 0 Å². The normalized spacial score (nSPS) is 11.3. The minimum Gasteiger partial charge on any atom is -0.497 e. The van der Waals surface area contributed by atoms with Crippen molar-refractivity contribution < 1.29 is 14.3 Å². The summed E-state index contributed by atoms with van der Waals surface area (Å²) in [6.07, 6.45) is 3.74. The molecule has 174 valence electrons. The smallest absolute Gasteiger partial charge is 0.275 e. The first kappa shape index (κ1) is 22.2. The van der Waals surface area contributed by atoms with E-state index in [0.29, 0.717) is 17.1 Å². The van der Waals surface area contributed by atoms with Gasteiger partial charge in [0.25, 0.3) is 5.91 Å². The quantitative estimate of drug-likeness (QED) is 0.252. The molecule has 0 fully saturated rings. The number of benzene rings is 4. The molecular weight excluding hydrogens is 438 g/mol. The molecular formula is C29H25N3O3. The second-order valence-corrected chi connectivity index (χ2v) is 8.13. The highest BCUT2D eigenvalue weighted by molar-refractivity contribution is 6.01. The molecule has 1 heterocycles. The molecule has 5 aromatic rings. The van der Waals surface area contributed by atoms with Gasteiger partial charge in [-0.25, -0.2) is 5.43 Å². The second-order valence-electron chi connectivity index (χ2n) is 8.13. The van der Waals surface area contributed by atoms with Crippen LogP contribution in [0.4, 0.5) is 0 Å². The molecule has 0 aliphatic rings. The van der Waals surface area contributed by atoms with Crippen molar-refractivity contribution in [3.63, 3.8) is 0 Å². The number of aromatic nitrogens is 1. The largest absolute Gasteiger partial charge is 0.497 e. The third-order valence-corrected chi connectivity index (χ3v) is 6.06. The highest BCUT2D eigenvalue weighted by atomic mass is 16.5. The lowest BCUT2D eigenvalue weighted by Crippen LogP contribution is -2.18. The van der Waals surface area contributed by atoms with Gasteiger partial charge in [-0.3, -0.25) is 4.79 Å². The van der Waals surface area contributed by atoms with Crippen molar-refractivity contribution in [1.29, 1.82) is 0 Å². The van der Waals surface area contributed by atoms with Crippen LogP contribution in [0.15, 0.2) is 96.2 Å². The van der Waals surface area contributed by atoms with E-state index in [1.165, 1.54) is 23.4 Å². The number of hydrogen-bond donors (Lipinski definition) is 1. The Balaban J connectivity index is 1.41. The van der Waals surface area contributed by atoms with Crippen LogP contribution in [0.25, 0.3) is 21.7 Å². The monoisotopic (exact) mass is 463 g/mol. The minimum absolute atomic E-state index is 0.361. The second kappa shape index (κ2) is 9.73. The molecule has 1 amide bonds. The van der Waals surface area contributed by atoms with Gasteiger partial charge in [-0.05, 0) is 34.5 Å². The number of carbonyl (C=O) groups excluding carboxylic acids is 1. The van der Waals surface area contributed by atoms with E-state index in [1.807, 2.05) is 12.1 Å². The molecule has 0 spiro atoms. The van der Waals surface area contributed by atoms with Crippen LogP contribution in [0, 0.1) is 0 Å². The van der Waals surface area contributed by atoms with E-state index in [2.05, 4.69) is 75.9 Å². The van der Waals surface area contributed by atoms with Crippen LogP contribution in [0.3, 0.4) is 0 Å². The molecule has 0 radical (unpaired) electrons. The summed E-state index contributed by atoms with van der Waals surface area (Å²) in [4.78, 5) is 12.7. The number of ether oxygens (including phenoxy) is 2. The Hall–Kier alpha value is -4.58. The number of hydrogen-bond acceptors (Lipinski definition) is 4. The number of rotatable bonds is 7. The highest BCUT2D eigenvalue weighted by Gasteiger charge is 2.13. The zero-order valence-corrected chi connectivity index (χ0v) is 19.6. The van der Waals surface area contributed by atoms with Gasteiger partial charge in [0.05, 0.1) is 26.0 Å². The van der Waals surface area contributed by atoms with Crippen molar-refractivity contribution in [3.8, 4) is 11.5 Å². The molecule has 0 unspecified atom stereocenters. The number of nitrogens with zero attached hydrogens (tertiary/aromatic N) is 2. The van der Waals surface area contributed by atoms with Gasteiger partial charge in [-0.2, -0.15) is 5.10 Å². The third kappa shape index (κ3) is 4.46.